The van der Waals surface area contributed by atoms with Crippen LogP contribution >= 0.6 is 12.2 Å². The van der Waals surface area contributed by atoms with Gasteiger partial charge in [-0.1, -0.05) is 54.6 Å². The zero-order valence-electron chi connectivity index (χ0n) is 15.1. The summed E-state index contributed by atoms with van der Waals surface area (Å²) in [6.45, 7) is 1.20. The number of hydrogen-bond donors (Lipinski definition) is 2. The SMILES string of the molecule is Fc1ccc(CNC(=S)Nc2cnn(Cc3cccc4ccccc34)c2)cc1. The average Bonchev–Trinajstić information content (AvgIpc) is 3.14. The predicted octanol–water partition coefficient (Wildman–Crippen LogP) is 4.71. The molecular weight excluding hydrogens is 371 g/mol. The van der Waals surface area contributed by atoms with Crippen LogP contribution in [0.3, 0.4) is 0 Å². The van der Waals surface area contributed by atoms with Crippen LogP contribution in [-0.2, 0) is 13.1 Å². The lowest BCUT2D eigenvalue weighted by atomic mass is 10.0. The number of nitrogens with one attached hydrogen (secondary N) is 2. The van der Waals surface area contributed by atoms with E-state index in [1.165, 1.54) is 28.5 Å². The smallest absolute Gasteiger partial charge is 0.171 e. The fraction of sp³-hybridized carbons (Fsp3) is 0.0909. The van der Waals surface area contributed by atoms with Crippen molar-refractivity contribution >= 4 is 33.8 Å². The van der Waals surface area contributed by atoms with Gasteiger partial charge in [0.1, 0.15) is 5.82 Å². The van der Waals surface area contributed by atoms with Crippen LogP contribution in [0.5, 0.6) is 0 Å². The molecule has 1 heterocycles. The van der Waals surface area contributed by atoms with Gasteiger partial charge in [0.25, 0.3) is 0 Å². The van der Waals surface area contributed by atoms with E-state index in [4.69, 9.17) is 12.2 Å². The van der Waals surface area contributed by atoms with E-state index in [0.29, 0.717) is 18.2 Å². The molecule has 0 saturated carbocycles. The Morgan fingerprint density at radius 1 is 1.00 bits per heavy atom. The lowest BCUT2D eigenvalue weighted by Gasteiger charge is -2.09. The van der Waals surface area contributed by atoms with Crippen LogP contribution in [0, 0.1) is 5.82 Å². The molecule has 4 nitrogen and oxygen atoms in total. The third-order valence-electron chi connectivity index (χ3n) is 4.47. The molecule has 6 heteroatoms. The fourth-order valence-electron chi connectivity index (χ4n) is 3.08. The summed E-state index contributed by atoms with van der Waals surface area (Å²) in [7, 11) is 0. The minimum Gasteiger partial charge on any atom is -0.358 e. The van der Waals surface area contributed by atoms with E-state index in [9.17, 15) is 4.39 Å². The number of anilines is 1. The molecule has 3 aromatic carbocycles. The van der Waals surface area contributed by atoms with Crippen molar-refractivity contribution in [3.8, 4) is 0 Å². The third-order valence-corrected chi connectivity index (χ3v) is 4.72. The van der Waals surface area contributed by atoms with E-state index in [-0.39, 0.29) is 5.82 Å². The maximum absolute atomic E-state index is 13.0. The van der Waals surface area contributed by atoms with Gasteiger partial charge in [0.05, 0.1) is 18.4 Å². The van der Waals surface area contributed by atoms with Crippen LogP contribution in [0.1, 0.15) is 11.1 Å². The molecule has 0 bridgehead atoms. The number of halogens is 1. The van der Waals surface area contributed by atoms with Gasteiger partial charge < -0.3 is 10.6 Å². The minimum absolute atomic E-state index is 0.247. The van der Waals surface area contributed by atoms with Crippen molar-refractivity contribution in [3.05, 3.63) is 96.1 Å². The average molecular weight is 390 g/mol. The lowest BCUT2D eigenvalue weighted by Crippen LogP contribution is -2.27. The van der Waals surface area contributed by atoms with Gasteiger partial charge in [-0.05, 0) is 46.2 Å². The lowest BCUT2D eigenvalue weighted by molar-refractivity contribution is 0.627. The quantitative estimate of drug-likeness (QED) is 0.484. The molecule has 0 aliphatic carbocycles. The van der Waals surface area contributed by atoms with E-state index in [1.807, 2.05) is 23.0 Å². The first kappa shape index (κ1) is 18.1. The van der Waals surface area contributed by atoms with Crippen LogP contribution in [-0.4, -0.2) is 14.9 Å². The first-order chi connectivity index (χ1) is 13.7. The summed E-state index contributed by atoms with van der Waals surface area (Å²) in [6, 6.07) is 21.0. The van der Waals surface area contributed by atoms with Gasteiger partial charge in [-0.15, -0.1) is 0 Å². The Labute approximate surface area is 168 Å². The Bertz CT molecular complexity index is 1100. The monoisotopic (exact) mass is 390 g/mol. The molecule has 0 fully saturated rings. The molecule has 0 amide bonds. The molecule has 0 radical (unpaired) electrons. The van der Waals surface area contributed by atoms with Crippen molar-refractivity contribution in [1.82, 2.24) is 15.1 Å². The van der Waals surface area contributed by atoms with E-state index in [0.717, 1.165) is 11.3 Å². The van der Waals surface area contributed by atoms with Gasteiger partial charge in [-0.3, -0.25) is 4.68 Å². The Morgan fingerprint density at radius 3 is 2.64 bits per heavy atom. The molecule has 140 valence electrons. The second kappa shape index (κ2) is 8.19. The van der Waals surface area contributed by atoms with Gasteiger partial charge in [0, 0.05) is 12.7 Å². The second-order valence-electron chi connectivity index (χ2n) is 6.50. The Balaban J connectivity index is 1.37. The highest BCUT2D eigenvalue weighted by Crippen LogP contribution is 2.19. The van der Waals surface area contributed by atoms with Gasteiger partial charge >= 0.3 is 0 Å². The van der Waals surface area contributed by atoms with Crippen molar-refractivity contribution < 1.29 is 4.39 Å². The number of benzene rings is 3. The maximum Gasteiger partial charge on any atom is 0.171 e. The number of aromatic nitrogens is 2. The molecule has 2 N–H and O–H groups in total. The molecular formula is C22H19FN4S. The number of fused-ring (bicyclic) bond motifs is 1. The highest BCUT2D eigenvalue weighted by molar-refractivity contribution is 7.80. The van der Waals surface area contributed by atoms with Crippen LogP contribution in [0.15, 0.2) is 79.1 Å². The topological polar surface area (TPSA) is 41.9 Å². The molecule has 4 aromatic rings. The Kier molecular flexibility index (Phi) is 5.30. The number of thiocarbonyl (C=S) groups is 1. The molecule has 4 rings (SSSR count). The van der Waals surface area contributed by atoms with E-state index < -0.39 is 0 Å². The molecule has 28 heavy (non-hydrogen) atoms. The van der Waals surface area contributed by atoms with Crippen LogP contribution in [0.4, 0.5) is 10.1 Å². The van der Waals surface area contributed by atoms with Crippen molar-refractivity contribution in [3.63, 3.8) is 0 Å². The first-order valence-electron chi connectivity index (χ1n) is 8.96. The summed E-state index contributed by atoms with van der Waals surface area (Å²) < 4.78 is 14.8. The molecule has 0 atom stereocenters. The van der Waals surface area contributed by atoms with Gasteiger partial charge in [0.2, 0.25) is 0 Å². The summed E-state index contributed by atoms with van der Waals surface area (Å²) >= 11 is 5.33. The van der Waals surface area contributed by atoms with E-state index in [2.05, 4.69) is 46.1 Å². The van der Waals surface area contributed by atoms with Gasteiger partial charge in [-0.25, -0.2) is 4.39 Å². The zero-order chi connectivity index (χ0) is 19.3. The molecule has 0 unspecified atom stereocenters. The molecule has 0 aliphatic heterocycles. The van der Waals surface area contributed by atoms with Crippen molar-refractivity contribution in [2.24, 2.45) is 0 Å². The summed E-state index contributed by atoms with van der Waals surface area (Å²) in [5.41, 5.74) is 2.99. The number of nitrogens with zero attached hydrogens (tertiary/aromatic N) is 2. The number of hydrogen-bond acceptors (Lipinski definition) is 2. The first-order valence-corrected chi connectivity index (χ1v) is 9.36. The van der Waals surface area contributed by atoms with Crippen LogP contribution in [0.2, 0.25) is 0 Å². The predicted molar refractivity (Wildman–Crippen MR) is 115 cm³/mol. The fourth-order valence-corrected chi connectivity index (χ4v) is 3.27. The minimum atomic E-state index is -0.247. The summed E-state index contributed by atoms with van der Waals surface area (Å²) in [6.07, 6.45) is 3.67. The van der Waals surface area contributed by atoms with E-state index in [1.54, 1.807) is 18.3 Å². The van der Waals surface area contributed by atoms with Crippen molar-refractivity contribution in [2.75, 3.05) is 5.32 Å². The van der Waals surface area contributed by atoms with Crippen LogP contribution < -0.4 is 10.6 Å². The van der Waals surface area contributed by atoms with Crippen molar-refractivity contribution in [1.29, 1.82) is 0 Å². The standard InChI is InChI=1S/C22H19FN4S/c23-19-10-8-16(9-11-19)12-24-22(28)26-20-13-25-27(15-20)14-18-6-3-5-17-4-1-2-7-21(17)18/h1-11,13,15H,12,14H2,(H2,24,26,28). The number of rotatable bonds is 5. The maximum atomic E-state index is 13.0. The molecule has 1 aromatic heterocycles. The molecule has 0 spiro atoms. The zero-order valence-corrected chi connectivity index (χ0v) is 15.9. The Morgan fingerprint density at radius 2 is 1.79 bits per heavy atom. The molecule has 0 saturated heterocycles. The summed E-state index contributed by atoms with van der Waals surface area (Å²) in [4.78, 5) is 0. The largest absolute Gasteiger partial charge is 0.358 e. The second-order valence-corrected chi connectivity index (χ2v) is 6.91. The van der Waals surface area contributed by atoms with E-state index >= 15 is 0 Å². The highest BCUT2D eigenvalue weighted by Gasteiger charge is 2.05. The summed E-state index contributed by atoms with van der Waals surface area (Å²) in [5, 5.41) is 13.6. The third kappa shape index (κ3) is 4.35. The van der Waals surface area contributed by atoms with Crippen molar-refractivity contribution in [2.45, 2.75) is 13.1 Å². The normalized spacial score (nSPS) is 10.8. The van der Waals surface area contributed by atoms with Gasteiger partial charge in [0.15, 0.2) is 5.11 Å². The van der Waals surface area contributed by atoms with Gasteiger partial charge in [-0.2, -0.15) is 5.10 Å². The van der Waals surface area contributed by atoms with Crippen LogP contribution in [0.25, 0.3) is 10.8 Å². The summed E-state index contributed by atoms with van der Waals surface area (Å²) in [5.74, 6) is -0.247. The Hall–Kier alpha value is -3.25. The highest BCUT2D eigenvalue weighted by atomic mass is 32.1. The molecule has 0 aliphatic rings.